The third-order valence-corrected chi connectivity index (χ3v) is 4.83. The summed E-state index contributed by atoms with van der Waals surface area (Å²) in [6.07, 6.45) is 4.18. The number of nitrogens with one attached hydrogen (secondary N) is 2. The number of aromatic nitrogens is 1. The van der Waals surface area contributed by atoms with E-state index in [4.69, 9.17) is 0 Å². The van der Waals surface area contributed by atoms with Crippen LogP contribution in [0.15, 0.2) is 30.5 Å². The summed E-state index contributed by atoms with van der Waals surface area (Å²) in [5.74, 6) is 0.183. The lowest BCUT2D eigenvalue weighted by molar-refractivity contribution is -0.131. The molecule has 3 fully saturated rings. The molecule has 2 bridgehead atoms. The van der Waals surface area contributed by atoms with E-state index in [2.05, 4.69) is 10.3 Å². The number of hydrogen-bond acceptors (Lipinski definition) is 2. The number of carbonyl (C=O) groups is 2. The van der Waals surface area contributed by atoms with Crippen molar-refractivity contribution in [3.05, 3.63) is 36.0 Å². The molecule has 0 unspecified atom stereocenters. The Bertz CT molecular complexity index is 736. The van der Waals surface area contributed by atoms with Crippen LogP contribution in [0.3, 0.4) is 0 Å². The summed E-state index contributed by atoms with van der Waals surface area (Å²) in [4.78, 5) is 29.6. The van der Waals surface area contributed by atoms with Crippen LogP contribution in [-0.4, -0.2) is 40.8 Å². The first-order chi connectivity index (χ1) is 10.7. The van der Waals surface area contributed by atoms with Gasteiger partial charge in [-0.15, -0.1) is 0 Å². The molecule has 0 radical (unpaired) electrons. The van der Waals surface area contributed by atoms with E-state index in [1.165, 1.54) is 0 Å². The maximum atomic E-state index is 12.7. The van der Waals surface area contributed by atoms with Crippen LogP contribution in [0.4, 0.5) is 0 Å². The molecule has 3 saturated heterocycles. The molecular weight excluding hydrogens is 278 g/mol. The second-order valence-corrected chi connectivity index (χ2v) is 6.31. The van der Waals surface area contributed by atoms with Gasteiger partial charge in [-0.3, -0.25) is 9.59 Å². The largest absolute Gasteiger partial charge is 0.361 e. The van der Waals surface area contributed by atoms with Gasteiger partial charge in [-0.25, -0.2) is 0 Å². The van der Waals surface area contributed by atoms with Crippen LogP contribution in [0.25, 0.3) is 10.9 Å². The Morgan fingerprint density at radius 2 is 2.09 bits per heavy atom. The Morgan fingerprint density at radius 1 is 1.23 bits per heavy atom. The van der Waals surface area contributed by atoms with Crippen molar-refractivity contribution in [2.24, 2.45) is 5.92 Å². The van der Waals surface area contributed by atoms with E-state index >= 15 is 0 Å². The third-order valence-electron chi connectivity index (χ3n) is 4.83. The zero-order chi connectivity index (χ0) is 15.1. The molecule has 4 heterocycles. The summed E-state index contributed by atoms with van der Waals surface area (Å²) in [6, 6.07) is 8.13. The Kier molecular flexibility index (Phi) is 3.13. The van der Waals surface area contributed by atoms with E-state index in [1.807, 2.05) is 35.4 Å². The Morgan fingerprint density at radius 3 is 2.95 bits per heavy atom. The van der Waals surface area contributed by atoms with E-state index in [0.717, 1.165) is 29.3 Å². The number of rotatable bonds is 2. The fraction of sp³-hybridized carbons (Fsp3) is 0.412. The fourth-order valence-electron chi connectivity index (χ4n) is 3.60. The van der Waals surface area contributed by atoms with E-state index in [-0.39, 0.29) is 23.8 Å². The highest BCUT2D eigenvalue weighted by Crippen LogP contribution is 2.24. The van der Waals surface area contributed by atoms with Crippen LogP contribution in [0, 0.1) is 5.92 Å². The molecule has 3 aliphatic heterocycles. The van der Waals surface area contributed by atoms with Gasteiger partial charge in [-0.1, -0.05) is 18.2 Å². The number of nitrogens with zero attached hydrogens (tertiary/aromatic N) is 1. The minimum absolute atomic E-state index is 0.0364. The van der Waals surface area contributed by atoms with Crippen LogP contribution in [0.2, 0.25) is 0 Å². The average Bonchev–Trinajstić information content (AvgIpc) is 2.71. The van der Waals surface area contributed by atoms with Gasteiger partial charge < -0.3 is 15.2 Å². The van der Waals surface area contributed by atoms with Crippen molar-refractivity contribution in [3.8, 4) is 0 Å². The van der Waals surface area contributed by atoms with Crippen molar-refractivity contribution in [2.45, 2.75) is 25.3 Å². The second-order valence-electron chi connectivity index (χ2n) is 6.31. The molecule has 5 rings (SSSR count). The van der Waals surface area contributed by atoms with Crippen molar-refractivity contribution in [3.63, 3.8) is 0 Å². The van der Waals surface area contributed by atoms with Gasteiger partial charge in [0.2, 0.25) is 11.8 Å². The summed E-state index contributed by atoms with van der Waals surface area (Å²) < 4.78 is 0. The monoisotopic (exact) mass is 297 g/mol. The summed E-state index contributed by atoms with van der Waals surface area (Å²) in [7, 11) is 0. The zero-order valence-corrected chi connectivity index (χ0v) is 12.3. The predicted molar refractivity (Wildman–Crippen MR) is 83.2 cm³/mol. The number of carbonyl (C=O) groups excluding carboxylic acids is 2. The van der Waals surface area contributed by atoms with Gasteiger partial charge in [0.25, 0.3) is 0 Å². The quantitative estimate of drug-likeness (QED) is 0.881. The Balaban J connectivity index is 1.54. The summed E-state index contributed by atoms with van der Waals surface area (Å²) in [5.41, 5.74) is 2.08. The maximum Gasteiger partial charge on any atom is 0.227 e. The molecule has 2 amide bonds. The van der Waals surface area contributed by atoms with Gasteiger partial charge in [0.1, 0.15) is 0 Å². The highest BCUT2D eigenvalue weighted by atomic mass is 16.2. The van der Waals surface area contributed by atoms with Gasteiger partial charge in [-0.2, -0.15) is 0 Å². The molecule has 5 heteroatoms. The van der Waals surface area contributed by atoms with E-state index in [0.29, 0.717) is 19.5 Å². The number of hydrogen-bond donors (Lipinski definition) is 2. The molecule has 3 aliphatic rings. The highest BCUT2D eigenvalue weighted by Gasteiger charge is 2.36. The van der Waals surface area contributed by atoms with Crippen LogP contribution in [0.5, 0.6) is 0 Å². The lowest BCUT2D eigenvalue weighted by Crippen LogP contribution is -2.44. The van der Waals surface area contributed by atoms with Crippen molar-refractivity contribution in [1.82, 2.24) is 15.2 Å². The number of benzene rings is 1. The average molecular weight is 297 g/mol. The van der Waals surface area contributed by atoms with E-state index in [9.17, 15) is 9.59 Å². The topological polar surface area (TPSA) is 65.2 Å². The van der Waals surface area contributed by atoms with E-state index in [1.54, 1.807) is 0 Å². The van der Waals surface area contributed by atoms with Crippen molar-refractivity contribution in [1.29, 1.82) is 0 Å². The van der Waals surface area contributed by atoms with Crippen LogP contribution < -0.4 is 5.32 Å². The normalized spacial score (nSPS) is 24.4. The number of fused-ring (bicyclic) bond motifs is 5. The summed E-state index contributed by atoms with van der Waals surface area (Å²) >= 11 is 0. The zero-order valence-electron chi connectivity index (χ0n) is 12.3. The summed E-state index contributed by atoms with van der Waals surface area (Å²) in [5, 5.41) is 4.11. The van der Waals surface area contributed by atoms with Crippen molar-refractivity contribution < 1.29 is 9.59 Å². The third kappa shape index (κ3) is 2.26. The molecule has 2 N–H and O–H groups in total. The minimum Gasteiger partial charge on any atom is -0.361 e. The molecule has 2 aromatic rings. The Labute approximate surface area is 128 Å². The van der Waals surface area contributed by atoms with Crippen LogP contribution >= 0.6 is 0 Å². The van der Waals surface area contributed by atoms with Gasteiger partial charge in [0, 0.05) is 36.2 Å². The lowest BCUT2D eigenvalue weighted by Gasteiger charge is -2.23. The molecule has 114 valence electrons. The molecule has 0 aliphatic carbocycles. The molecule has 2 atom stereocenters. The van der Waals surface area contributed by atoms with Crippen LogP contribution in [0.1, 0.15) is 18.4 Å². The summed E-state index contributed by atoms with van der Waals surface area (Å²) in [6.45, 7) is 1.20. The molecule has 22 heavy (non-hydrogen) atoms. The first-order valence-electron chi connectivity index (χ1n) is 7.84. The van der Waals surface area contributed by atoms with Gasteiger partial charge >= 0.3 is 0 Å². The van der Waals surface area contributed by atoms with Crippen LogP contribution in [-0.2, 0) is 16.0 Å². The number of piperidine rings is 1. The van der Waals surface area contributed by atoms with Crippen molar-refractivity contribution >= 4 is 22.7 Å². The molecule has 0 spiro atoms. The Hall–Kier alpha value is -2.30. The molecule has 1 aromatic carbocycles. The molecule has 5 nitrogen and oxygen atoms in total. The smallest absolute Gasteiger partial charge is 0.227 e. The first-order valence-corrected chi connectivity index (χ1v) is 7.84. The molecular formula is C17H19N3O2. The second kappa shape index (κ2) is 5.16. The maximum absolute atomic E-state index is 12.7. The predicted octanol–water partition coefficient (Wildman–Crippen LogP) is 1.45. The van der Waals surface area contributed by atoms with Gasteiger partial charge in [0.05, 0.1) is 12.3 Å². The number of amides is 2. The van der Waals surface area contributed by atoms with Crippen molar-refractivity contribution in [2.75, 3.05) is 13.1 Å². The van der Waals surface area contributed by atoms with E-state index < -0.39 is 0 Å². The number of aromatic amines is 1. The number of para-hydroxylation sites is 1. The standard InChI is InChI=1S/C17H19N3O2/c21-16(7-12-8-18-15-4-2-1-3-14(12)15)20-9-11-5-6-13(10-20)19-17(11)22/h1-4,8,11,13,18H,5-7,9-10H2,(H,19,22)/t11-,13+/m1/s1. The molecule has 0 saturated carbocycles. The minimum atomic E-state index is -0.0364. The van der Waals surface area contributed by atoms with Gasteiger partial charge in [0.15, 0.2) is 0 Å². The lowest BCUT2D eigenvalue weighted by atomic mass is 9.96. The molecule has 1 aromatic heterocycles. The SMILES string of the molecule is O=C1N[C@H]2CC[C@@H]1CN(C(=O)Cc1c[nH]c3ccccc13)C2. The highest BCUT2D eigenvalue weighted by molar-refractivity contribution is 5.89. The first kappa shape index (κ1) is 13.4. The van der Waals surface area contributed by atoms with Gasteiger partial charge in [-0.05, 0) is 24.5 Å². The number of H-pyrrole nitrogens is 1. The fourth-order valence-corrected chi connectivity index (χ4v) is 3.60.